The highest BCUT2D eigenvalue weighted by Crippen LogP contribution is 2.13. The van der Waals surface area contributed by atoms with E-state index in [0.29, 0.717) is 29.9 Å². The molecule has 1 heterocycles. The minimum absolute atomic E-state index is 0.0925. The summed E-state index contributed by atoms with van der Waals surface area (Å²) in [6.07, 6.45) is 2.46. The Morgan fingerprint density at radius 1 is 1.10 bits per heavy atom. The van der Waals surface area contributed by atoms with Gasteiger partial charge in [-0.3, -0.25) is 9.59 Å². The number of likely N-dealkylation sites (tertiary alicyclic amines) is 1. The van der Waals surface area contributed by atoms with Crippen molar-refractivity contribution in [3.8, 4) is 0 Å². The number of nitrogens with two attached hydrogens (primary N) is 2. The van der Waals surface area contributed by atoms with E-state index in [4.69, 9.17) is 11.5 Å². The molecule has 20 heavy (non-hydrogen) atoms. The lowest BCUT2D eigenvalue weighted by atomic mass is 10.1. The highest BCUT2D eigenvalue weighted by molar-refractivity contribution is 5.96. The second kappa shape index (κ2) is 6.27. The lowest BCUT2D eigenvalue weighted by Gasteiger charge is -2.15. The van der Waals surface area contributed by atoms with Crippen LogP contribution >= 0.6 is 0 Å². The van der Waals surface area contributed by atoms with Gasteiger partial charge in [0.05, 0.1) is 0 Å². The number of nitrogen functional groups attached to an aromatic ring is 2. The van der Waals surface area contributed by atoms with Gasteiger partial charge in [0.25, 0.3) is 5.91 Å². The molecular weight excluding hydrogens is 256 g/mol. The molecule has 0 atom stereocenters. The fourth-order valence-electron chi connectivity index (χ4n) is 2.32. The molecule has 1 saturated heterocycles. The van der Waals surface area contributed by atoms with Crippen molar-refractivity contribution < 1.29 is 9.59 Å². The molecule has 0 unspecified atom stereocenters. The maximum atomic E-state index is 11.9. The Morgan fingerprint density at radius 2 is 1.70 bits per heavy atom. The zero-order valence-corrected chi connectivity index (χ0v) is 11.4. The molecule has 6 nitrogen and oxygen atoms in total. The number of carbonyl (C=O) groups is 2. The topological polar surface area (TPSA) is 101 Å². The molecule has 0 spiro atoms. The summed E-state index contributed by atoms with van der Waals surface area (Å²) in [5.74, 6) is -0.173. The van der Waals surface area contributed by atoms with Gasteiger partial charge in [-0.2, -0.15) is 0 Å². The molecule has 0 bridgehead atoms. The summed E-state index contributed by atoms with van der Waals surface area (Å²) >= 11 is 0. The van der Waals surface area contributed by atoms with E-state index in [2.05, 4.69) is 5.32 Å². The maximum Gasteiger partial charge on any atom is 0.251 e. The lowest BCUT2D eigenvalue weighted by Crippen LogP contribution is -2.32. The first kappa shape index (κ1) is 14.2. The first-order valence-electron chi connectivity index (χ1n) is 6.78. The summed E-state index contributed by atoms with van der Waals surface area (Å²) in [6, 6.07) is 4.72. The summed E-state index contributed by atoms with van der Waals surface area (Å²) in [5.41, 5.74) is 12.6. The third-order valence-electron chi connectivity index (χ3n) is 3.32. The van der Waals surface area contributed by atoms with Gasteiger partial charge in [0.1, 0.15) is 0 Å². The van der Waals surface area contributed by atoms with Crippen LogP contribution in [0.5, 0.6) is 0 Å². The molecule has 1 fully saturated rings. The summed E-state index contributed by atoms with van der Waals surface area (Å²) in [4.78, 5) is 25.5. The van der Waals surface area contributed by atoms with Crippen LogP contribution in [0.15, 0.2) is 18.2 Å². The number of rotatable bonds is 4. The molecule has 0 saturated carbocycles. The van der Waals surface area contributed by atoms with E-state index in [1.807, 2.05) is 4.90 Å². The van der Waals surface area contributed by atoms with Gasteiger partial charge < -0.3 is 21.7 Å². The van der Waals surface area contributed by atoms with Gasteiger partial charge in [0.15, 0.2) is 0 Å². The lowest BCUT2D eigenvalue weighted by molar-refractivity contribution is -0.129. The Morgan fingerprint density at radius 3 is 2.30 bits per heavy atom. The van der Waals surface area contributed by atoms with E-state index in [-0.39, 0.29) is 11.8 Å². The van der Waals surface area contributed by atoms with Gasteiger partial charge in [-0.15, -0.1) is 0 Å². The summed E-state index contributed by atoms with van der Waals surface area (Å²) in [7, 11) is 0. The highest BCUT2D eigenvalue weighted by atomic mass is 16.2. The van der Waals surface area contributed by atoms with Crippen LogP contribution in [0.1, 0.15) is 29.6 Å². The molecule has 0 aromatic heterocycles. The van der Waals surface area contributed by atoms with Crippen LogP contribution in [0.4, 0.5) is 11.4 Å². The smallest absolute Gasteiger partial charge is 0.251 e. The van der Waals surface area contributed by atoms with Gasteiger partial charge in [-0.05, 0) is 31.0 Å². The van der Waals surface area contributed by atoms with E-state index in [0.717, 1.165) is 25.9 Å². The summed E-state index contributed by atoms with van der Waals surface area (Å²) in [5, 5.41) is 2.71. The fraction of sp³-hybridized carbons (Fsp3) is 0.429. The number of benzene rings is 1. The van der Waals surface area contributed by atoms with Crippen molar-refractivity contribution >= 4 is 23.2 Å². The molecule has 1 aliphatic heterocycles. The van der Waals surface area contributed by atoms with Crippen LogP contribution in [0, 0.1) is 0 Å². The minimum atomic E-state index is -0.266. The van der Waals surface area contributed by atoms with Crippen LogP contribution in [0.2, 0.25) is 0 Å². The summed E-state index contributed by atoms with van der Waals surface area (Å²) in [6.45, 7) is 1.99. The number of nitrogens with zero attached hydrogens (tertiary/aromatic N) is 1. The van der Waals surface area contributed by atoms with Crippen molar-refractivity contribution in [1.82, 2.24) is 10.2 Å². The number of nitrogens with one attached hydrogen (secondary N) is 1. The Hall–Kier alpha value is -2.24. The Bertz CT molecular complexity index is 490. The first-order chi connectivity index (χ1) is 9.56. The number of hydrogen-bond donors (Lipinski definition) is 3. The quantitative estimate of drug-likeness (QED) is 0.701. The van der Waals surface area contributed by atoms with Crippen LogP contribution in [0.3, 0.4) is 0 Å². The number of carbonyl (C=O) groups excluding carboxylic acids is 2. The van der Waals surface area contributed by atoms with Crippen LogP contribution < -0.4 is 16.8 Å². The van der Waals surface area contributed by atoms with Crippen molar-refractivity contribution in [3.05, 3.63) is 23.8 Å². The van der Waals surface area contributed by atoms with Crippen LogP contribution in [-0.4, -0.2) is 36.3 Å². The molecule has 2 rings (SSSR count). The van der Waals surface area contributed by atoms with Crippen molar-refractivity contribution in [1.29, 1.82) is 0 Å². The van der Waals surface area contributed by atoms with E-state index in [1.165, 1.54) is 0 Å². The highest BCUT2D eigenvalue weighted by Gasteiger charge is 2.17. The first-order valence-corrected chi connectivity index (χ1v) is 6.78. The molecule has 2 amide bonds. The van der Waals surface area contributed by atoms with Gasteiger partial charge in [0.2, 0.25) is 5.91 Å². The zero-order valence-electron chi connectivity index (χ0n) is 11.4. The molecule has 5 N–H and O–H groups in total. The van der Waals surface area contributed by atoms with Crippen LogP contribution in [0.25, 0.3) is 0 Å². The van der Waals surface area contributed by atoms with Crippen molar-refractivity contribution in [2.45, 2.75) is 19.3 Å². The van der Waals surface area contributed by atoms with Crippen molar-refractivity contribution in [3.63, 3.8) is 0 Å². The maximum absolute atomic E-state index is 11.9. The standard InChI is InChI=1S/C14H20N4O2/c15-11-7-10(8-12(16)9-11)14(20)17-4-3-13(19)18-5-1-2-6-18/h7-9H,1-6,15-16H2,(H,17,20). The second-order valence-corrected chi connectivity index (χ2v) is 4.98. The minimum Gasteiger partial charge on any atom is -0.399 e. The Kier molecular flexibility index (Phi) is 4.45. The monoisotopic (exact) mass is 276 g/mol. The van der Waals surface area contributed by atoms with Gasteiger partial charge in [0, 0.05) is 43.0 Å². The van der Waals surface area contributed by atoms with E-state index < -0.39 is 0 Å². The third-order valence-corrected chi connectivity index (χ3v) is 3.32. The largest absolute Gasteiger partial charge is 0.399 e. The van der Waals surface area contributed by atoms with E-state index in [1.54, 1.807) is 18.2 Å². The number of anilines is 2. The molecule has 108 valence electrons. The predicted molar refractivity (Wildman–Crippen MR) is 78.0 cm³/mol. The SMILES string of the molecule is Nc1cc(N)cc(C(=O)NCCC(=O)N2CCCC2)c1. The third kappa shape index (κ3) is 3.63. The summed E-state index contributed by atoms with van der Waals surface area (Å²) < 4.78 is 0. The predicted octanol–water partition coefficient (Wildman–Crippen LogP) is 0.593. The normalized spacial score (nSPS) is 14.3. The average Bonchev–Trinajstić information content (AvgIpc) is 2.91. The molecule has 6 heteroatoms. The van der Waals surface area contributed by atoms with E-state index in [9.17, 15) is 9.59 Å². The molecular formula is C14H20N4O2. The average molecular weight is 276 g/mol. The van der Waals surface area contributed by atoms with Crippen molar-refractivity contribution in [2.24, 2.45) is 0 Å². The van der Waals surface area contributed by atoms with E-state index >= 15 is 0 Å². The number of hydrogen-bond acceptors (Lipinski definition) is 4. The zero-order chi connectivity index (χ0) is 14.5. The molecule has 1 aromatic rings. The van der Waals surface area contributed by atoms with Crippen LogP contribution in [-0.2, 0) is 4.79 Å². The van der Waals surface area contributed by atoms with Gasteiger partial charge >= 0.3 is 0 Å². The molecule has 1 aliphatic rings. The van der Waals surface area contributed by atoms with Gasteiger partial charge in [-0.25, -0.2) is 0 Å². The Balaban J connectivity index is 1.81. The second-order valence-electron chi connectivity index (χ2n) is 4.98. The molecule has 1 aromatic carbocycles. The van der Waals surface area contributed by atoms with Gasteiger partial charge in [-0.1, -0.05) is 0 Å². The number of amides is 2. The molecule has 0 aliphatic carbocycles. The molecule has 0 radical (unpaired) electrons. The fourth-order valence-corrected chi connectivity index (χ4v) is 2.32. The Labute approximate surface area is 118 Å². The van der Waals surface area contributed by atoms with Crippen molar-refractivity contribution in [2.75, 3.05) is 31.1 Å².